The van der Waals surface area contributed by atoms with Crippen LogP contribution in [0.1, 0.15) is 27.2 Å². The molecule has 0 saturated carbocycles. The molecule has 0 bridgehead atoms. The van der Waals surface area contributed by atoms with Gasteiger partial charge in [-0.3, -0.25) is 14.7 Å². The van der Waals surface area contributed by atoms with E-state index in [0.29, 0.717) is 18.5 Å². The van der Waals surface area contributed by atoms with Crippen LogP contribution in [0.3, 0.4) is 0 Å². The Morgan fingerprint density at radius 3 is 2.23 bits per heavy atom. The molecule has 3 aromatic carbocycles. The standard InChI is InChI=1S/C30H28F2N4O3S/c31-24-10-6-11-25(32)29(24)40(38,39)36-17-15-35(16-18-36)30(37)28-22-9-4-5-12-26(22)33-27-13-14-34(20-23(27)28)19-21-7-2-1-3-8-21/h1-12H,13-20H2. The maximum absolute atomic E-state index is 14.3. The number of halogens is 2. The predicted molar refractivity (Wildman–Crippen MR) is 147 cm³/mol. The third kappa shape index (κ3) is 4.87. The molecule has 10 heteroatoms. The number of carbonyl (C=O) groups is 1. The second kappa shape index (κ2) is 10.7. The van der Waals surface area contributed by atoms with Crippen molar-refractivity contribution in [2.45, 2.75) is 24.4 Å². The van der Waals surface area contributed by atoms with E-state index in [2.05, 4.69) is 17.0 Å². The number of para-hydroxylation sites is 1. The molecule has 7 nitrogen and oxygen atoms in total. The molecule has 0 radical (unpaired) electrons. The zero-order valence-corrected chi connectivity index (χ0v) is 22.6. The second-order valence-electron chi connectivity index (χ2n) is 10.1. The summed E-state index contributed by atoms with van der Waals surface area (Å²) in [6, 6.07) is 20.7. The zero-order chi connectivity index (χ0) is 27.9. The van der Waals surface area contributed by atoms with E-state index < -0.39 is 26.6 Å². The number of carbonyl (C=O) groups excluding carboxylic acids is 1. The Kier molecular flexibility index (Phi) is 7.07. The molecular formula is C30H28F2N4O3S. The summed E-state index contributed by atoms with van der Waals surface area (Å²) < 4.78 is 55.7. The van der Waals surface area contributed by atoms with Crippen molar-refractivity contribution in [3.63, 3.8) is 0 Å². The topological polar surface area (TPSA) is 73.8 Å². The molecule has 1 fully saturated rings. The molecule has 1 aromatic heterocycles. The van der Waals surface area contributed by atoms with Gasteiger partial charge in [0.05, 0.1) is 11.1 Å². The van der Waals surface area contributed by atoms with Gasteiger partial charge in [-0.2, -0.15) is 4.31 Å². The molecule has 6 rings (SSSR count). The van der Waals surface area contributed by atoms with Crippen LogP contribution >= 0.6 is 0 Å². The zero-order valence-electron chi connectivity index (χ0n) is 21.8. The van der Waals surface area contributed by atoms with Crippen molar-refractivity contribution in [3.8, 4) is 0 Å². The third-order valence-electron chi connectivity index (χ3n) is 7.63. The fraction of sp³-hybridized carbons (Fsp3) is 0.267. The van der Waals surface area contributed by atoms with Gasteiger partial charge in [-0.1, -0.05) is 54.6 Å². The van der Waals surface area contributed by atoms with Crippen molar-refractivity contribution in [1.82, 2.24) is 19.1 Å². The van der Waals surface area contributed by atoms with Crippen LogP contribution in [0.5, 0.6) is 0 Å². The first-order valence-electron chi connectivity index (χ1n) is 13.2. The smallest absolute Gasteiger partial charge is 0.255 e. The van der Waals surface area contributed by atoms with Crippen LogP contribution in [0.25, 0.3) is 10.9 Å². The summed E-state index contributed by atoms with van der Waals surface area (Å²) in [5, 5.41) is 0.760. The minimum Gasteiger partial charge on any atom is -0.336 e. The van der Waals surface area contributed by atoms with Crippen molar-refractivity contribution >= 4 is 26.8 Å². The highest BCUT2D eigenvalue weighted by molar-refractivity contribution is 7.89. The largest absolute Gasteiger partial charge is 0.336 e. The van der Waals surface area contributed by atoms with E-state index in [0.717, 1.165) is 57.8 Å². The highest BCUT2D eigenvalue weighted by Gasteiger charge is 2.35. The third-order valence-corrected chi connectivity index (χ3v) is 9.58. The van der Waals surface area contributed by atoms with Crippen molar-refractivity contribution in [3.05, 3.63) is 107 Å². The predicted octanol–water partition coefficient (Wildman–Crippen LogP) is 4.22. The van der Waals surface area contributed by atoms with Crippen molar-refractivity contribution in [2.75, 3.05) is 32.7 Å². The maximum Gasteiger partial charge on any atom is 0.255 e. The Morgan fingerprint density at radius 1 is 0.825 bits per heavy atom. The summed E-state index contributed by atoms with van der Waals surface area (Å²) in [5.41, 5.74) is 4.33. The summed E-state index contributed by atoms with van der Waals surface area (Å²) in [6.07, 6.45) is 0.716. The monoisotopic (exact) mass is 562 g/mol. The molecule has 40 heavy (non-hydrogen) atoms. The highest BCUT2D eigenvalue weighted by atomic mass is 32.2. The number of pyridine rings is 1. The Labute approximate surface area is 231 Å². The Bertz CT molecular complexity index is 1670. The number of aromatic nitrogens is 1. The second-order valence-corrected chi connectivity index (χ2v) is 12.0. The molecule has 2 aliphatic heterocycles. The van der Waals surface area contributed by atoms with Crippen LogP contribution in [0.4, 0.5) is 8.78 Å². The van der Waals surface area contributed by atoms with Crippen LogP contribution in [-0.4, -0.2) is 66.1 Å². The average molecular weight is 563 g/mol. The van der Waals surface area contributed by atoms with Crippen LogP contribution in [-0.2, 0) is 29.5 Å². The molecule has 0 aliphatic carbocycles. The minimum absolute atomic E-state index is 0.0623. The fourth-order valence-electron chi connectivity index (χ4n) is 5.61. The molecule has 0 atom stereocenters. The van der Waals surface area contributed by atoms with Crippen molar-refractivity contribution in [2.24, 2.45) is 0 Å². The van der Waals surface area contributed by atoms with Crippen LogP contribution in [0.2, 0.25) is 0 Å². The number of amides is 1. The van der Waals surface area contributed by atoms with Gasteiger partial charge >= 0.3 is 0 Å². The van der Waals surface area contributed by atoms with E-state index in [1.54, 1.807) is 4.90 Å². The van der Waals surface area contributed by atoms with Gasteiger partial charge in [0.1, 0.15) is 11.6 Å². The van der Waals surface area contributed by atoms with Gasteiger partial charge in [-0.05, 0) is 23.8 Å². The molecule has 4 aromatic rings. The van der Waals surface area contributed by atoms with E-state index >= 15 is 0 Å². The van der Waals surface area contributed by atoms with Crippen molar-refractivity contribution < 1.29 is 22.0 Å². The van der Waals surface area contributed by atoms with Crippen LogP contribution < -0.4 is 0 Å². The Hall–Kier alpha value is -3.73. The maximum atomic E-state index is 14.3. The summed E-state index contributed by atoms with van der Waals surface area (Å²) in [4.78, 5) is 21.9. The molecule has 0 N–H and O–H groups in total. The summed E-state index contributed by atoms with van der Waals surface area (Å²) in [6.45, 7) is 2.23. The molecular weight excluding hydrogens is 534 g/mol. The number of hydrogen-bond donors (Lipinski definition) is 0. The first kappa shape index (κ1) is 26.5. The lowest BCUT2D eigenvalue weighted by Crippen LogP contribution is -2.51. The van der Waals surface area contributed by atoms with E-state index in [9.17, 15) is 22.0 Å². The highest BCUT2D eigenvalue weighted by Crippen LogP contribution is 2.31. The number of fused-ring (bicyclic) bond motifs is 2. The lowest BCUT2D eigenvalue weighted by Gasteiger charge is -2.36. The van der Waals surface area contributed by atoms with Gasteiger partial charge in [-0.25, -0.2) is 17.2 Å². The van der Waals surface area contributed by atoms with Gasteiger partial charge in [0.15, 0.2) is 4.90 Å². The van der Waals surface area contributed by atoms with Gasteiger partial charge in [-0.15, -0.1) is 0 Å². The Morgan fingerprint density at radius 2 is 1.50 bits per heavy atom. The number of hydrogen-bond acceptors (Lipinski definition) is 5. The number of nitrogens with zero attached hydrogens (tertiary/aromatic N) is 4. The first-order chi connectivity index (χ1) is 19.3. The lowest BCUT2D eigenvalue weighted by molar-refractivity contribution is 0.0696. The number of piperazine rings is 1. The molecule has 206 valence electrons. The summed E-state index contributed by atoms with van der Waals surface area (Å²) in [5.74, 6) is -2.45. The van der Waals surface area contributed by atoms with Crippen LogP contribution in [0, 0.1) is 11.6 Å². The molecule has 0 spiro atoms. The molecule has 0 unspecified atom stereocenters. The summed E-state index contributed by atoms with van der Waals surface area (Å²) in [7, 11) is -4.39. The SMILES string of the molecule is O=C(c1c2c(nc3ccccc13)CCN(Cc1ccccc1)C2)N1CCN(S(=O)(=O)c2c(F)cccc2F)CC1. The first-order valence-corrected chi connectivity index (χ1v) is 14.7. The average Bonchev–Trinajstić information content (AvgIpc) is 2.96. The fourth-order valence-corrected chi connectivity index (χ4v) is 7.15. The van der Waals surface area contributed by atoms with E-state index in [1.165, 1.54) is 5.56 Å². The van der Waals surface area contributed by atoms with E-state index in [1.807, 2.05) is 42.5 Å². The molecule has 3 heterocycles. The van der Waals surface area contributed by atoms with Crippen LogP contribution in [0.15, 0.2) is 77.7 Å². The quantitative estimate of drug-likeness (QED) is 0.364. The van der Waals surface area contributed by atoms with Gasteiger partial charge in [0.2, 0.25) is 10.0 Å². The molecule has 2 aliphatic rings. The van der Waals surface area contributed by atoms with Gasteiger partial charge in [0, 0.05) is 68.9 Å². The normalized spacial score (nSPS) is 16.7. The number of benzene rings is 3. The number of sulfonamides is 1. The lowest BCUT2D eigenvalue weighted by atomic mass is 9.94. The number of rotatable bonds is 5. The Balaban J connectivity index is 1.28. The van der Waals surface area contributed by atoms with Gasteiger partial charge < -0.3 is 4.90 Å². The van der Waals surface area contributed by atoms with E-state index in [-0.39, 0.29) is 32.1 Å². The van der Waals surface area contributed by atoms with Gasteiger partial charge in [0.25, 0.3) is 5.91 Å². The molecule has 1 amide bonds. The van der Waals surface area contributed by atoms with E-state index in [4.69, 9.17) is 4.98 Å². The molecule has 1 saturated heterocycles. The minimum atomic E-state index is -4.39. The van der Waals surface area contributed by atoms with Crippen molar-refractivity contribution in [1.29, 1.82) is 0 Å². The summed E-state index contributed by atoms with van der Waals surface area (Å²) >= 11 is 0.